The van der Waals surface area contributed by atoms with Crippen molar-refractivity contribution in [1.29, 1.82) is 0 Å². The smallest absolute Gasteiger partial charge is 0.422 e. The monoisotopic (exact) mass is 230 g/mol. The molecule has 0 aromatic carbocycles. The van der Waals surface area contributed by atoms with Gasteiger partial charge in [0, 0.05) is 13.1 Å². The van der Waals surface area contributed by atoms with Crippen LogP contribution < -0.4 is 5.43 Å². The predicted octanol–water partition coefficient (Wildman–Crippen LogP) is 0.820. The molecule has 0 unspecified atom stereocenters. The number of carbonyl (C=O) groups excluding carboxylic acids is 1. The summed E-state index contributed by atoms with van der Waals surface area (Å²) in [6, 6.07) is 0. The Balaban J connectivity index is 2.10. The fourth-order valence-electron chi connectivity index (χ4n) is 1.58. The highest BCUT2D eigenvalue weighted by Crippen LogP contribution is 2.05. The zero-order valence-corrected chi connectivity index (χ0v) is 10.7. The van der Waals surface area contributed by atoms with Gasteiger partial charge in [0.25, 0.3) is 0 Å². The van der Waals surface area contributed by atoms with Gasteiger partial charge < -0.3 is 9.22 Å². The first-order valence-electron chi connectivity index (χ1n) is 5.96. The average Bonchev–Trinajstić information content (AvgIpc) is 2.17. The molecule has 16 heavy (non-hydrogen) atoms. The van der Waals surface area contributed by atoms with Crippen LogP contribution in [0, 0.1) is 0 Å². The molecule has 0 atom stereocenters. The summed E-state index contributed by atoms with van der Waals surface area (Å²) in [5, 5.41) is 1.94. The molecular formula is C11H24N3O2+. The third-order valence-corrected chi connectivity index (χ3v) is 2.60. The van der Waals surface area contributed by atoms with E-state index in [1.165, 1.54) is 6.42 Å². The number of hydrogen-bond acceptors (Lipinski definition) is 3. The number of quaternary nitrogens is 1. The lowest BCUT2D eigenvalue weighted by atomic mass is 10.2. The summed E-state index contributed by atoms with van der Waals surface area (Å²) >= 11 is 0. The van der Waals surface area contributed by atoms with E-state index in [2.05, 4.69) is 26.6 Å². The van der Waals surface area contributed by atoms with Crippen LogP contribution in [0.25, 0.3) is 0 Å². The molecule has 94 valence electrons. The molecular weight excluding hydrogens is 206 g/mol. The van der Waals surface area contributed by atoms with Crippen molar-refractivity contribution in [2.75, 3.05) is 47.4 Å². The predicted molar refractivity (Wildman–Crippen MR) is 62.8 cm³/mol. The maximum atomic E-state index is 11.4. The third-order valence-electron chi connectivity index (χ3n) is 2.60. The van der Waals surface area contributed by atoms with E-state index < -0.39 is 0 Å². The molecule has 0 bridgehead atoms. The molecule has 1 saturated heterocycles. The molecule has 0 aliphatic carbocycles. The van der Waals surface area contributed by atoms with Crippen LogP contribution in [0.15, 0.2) is 0 Å². The first kappa shape index (κ1) is 13.3. The second kappa shape index (κ2) is 6.06. The minimum Gasteiger partial charge on any atom is -0.443 e. The zero-order chi connectivity index (χ0) is 12.0. The minimum absolute atomic E-state index is 0.324. The maximum absolute atomic E-state index is 11.4. The molecule has 1 fully saturated rings. The van der Waals surface area contributed by atoms with Gasteiger partial charge in [-0.05, 0) is 12.8 Å². The fourth-order valence-corrected chi connectivity index (χ4v) is 1.58. The van der Waals surface area contributed by atoms with Gasteiger partial charge in [-0.1, -0.05) is 6.42 Å². The quantitative estimate of drug-likeness (QED) is 0.727. The van der Waals surface area contributed by atoms with Gasteiger partial charge in [-0.2, -0.15) is 0 Å². The van der Waals surface area contributed by atoms with Gasteiger partial charge in [0.05, 0.1) is 21.1 Å². The van der Waals surface area contributed by atoms with Crippen LogP contribution in [-0.4, -0.2) is 63.0 Å². The van der Waals surface area contributed by atoms with Crippen LogP contribution in [0.5, 0.6) is 0 Å². The van der Waals surface area contributed by atoms with E-state index in [1.807, 2.05) is 5.01 Å². The van der Waals surface area contributed by atoms with Crippen LogP contribution in [0.3, 0.4) is 0 Å². The Bertz CT molecular complexity index is 220. The van der Waals surface area contributed by atoms with Crippen molar-refractivity contribution in [3.8, 4) is 0 Å². The molecule has 1 rings (SSSR count). The van der Waals surface area contributed by atoms with E-state index in [4.69, 9.17) is 4.74 Å². The molecule has 5 nitrogen and oxygen atoms in total. The van der Waals surface area contributed by atoms with Crippen molar-refractivity contribution in [3.63, 3.8) is 0 Å². The van der Waals surface area contributed by atoms with Gasteiger partial charge >= 0.3 is 6.09 Å². The molecule has 5 heteroatoms. The van der Waals surface area contributed by atoms with Crippen LogP contribution in [-0.2, 0) is 4.74 Å². The summed E-state index contributed by atoms with van der Waals surface area (Å²) in [6.07, 6.45) is 3.24. The Morgan fingerprint density at radius 3 is 2.44 bits per heavy atom. The van der Waals surface area contributed by atoms with Crippen molar-refractivity contribution in [1.82, 2.24) is 10.4 Å². The number of piperidine rings is 1. The molecule has 0 aromatic rings. The SMILES string of the molecule is C[N+](C)(C)CCOC(=O)NN1CCCCC1. The van der Waals surface area contributed by atoms with E-state index in [0.29, 0.717) is 6.61 Å². The van der Waals surface area contributed by atoms with Gasteiger partial charge in [-0.25, -0.2) is 9.80 Å². The Kier molecular flexibility index (Phi) is 5.02. The van der Waals surface area contributed by atoms with Crippen LogP contribution in [0.1, 0.15) is 19.3 Å². The normalized spacial score (nSPS) is 18.2. The molecule has 1 aliphatic rings. The van der Waals surface area contributed by atoms with Gasteiger partial charge in [-0.15, -0.1) is 0 Å². The molecule has 1 amide bonds. The number of rotatable bonds is 4. The van der Waals surface area contributed by atoms with E-state index in [-0.39, 0.29) is 6.09 Å². The number of hydrazine groups is 1. The summed E-state index contributed by atoms with van der Waals surface area (Å²) in [5.41, 5.74) is 2.77. The Morgan fingerprint density at radius 1 is 1.25 bits per heavy atom. The third kappa shape index (κ3) is 5.92. The highest BCUT2D eigenvalue weighted by Gasteiger charge is 2.14. The van der Waals surface area contributed by atoms with Crippen LogP contribution >= 0.6 is 0 Å². The molecule has 0 aromatic heterocycles. The van der Waals surface area contributed by atoms with E-state index in [9.17, 15) is 4.79 Å². The number of nitrogens with one attached hydrogen (secondary N) is 1. The van der Waals surface area contributed by atoms with Crippen molar-refractivity contribution >= 4 is 6.09 Å². The molecule has 0 spiro atoms. The topological polar surface area (TPSA) is 41.6 Å². The van der Waals surface area contributed by atoms with Crippen molar-refractivity contribution < 1.29 is 14.0 Å². The minimum atomic E-state index is -0.324. The second-order valence-corrected chi connectivity index (χ2v) is 5.31. The van der Waals surface area contributed by atoms with Crippen molar-refractivity contribution in [2.24, 2.45) is 0 Å². The maximum Gasteiger partial charge on any atom is 0.422 e. The number of carbonyl (C=O) groups is 1. The zero-order valence-electron chi connectivity index (χ0n) is 10.7. The first-order chi connectivity index (χ1) is 7.47. The standard InChI is InChI=1S/C11H23N3O2/c1-14(2,3)9-10-16-11(15)12-13-7-5-4-6-8-13/h4-10H2,1-3H3/p+1. The second-order valence-electron chi connectivity index (χ2n) is 5.31. The van der Waals surface area contributed by atoms with E-state index in [0.717, 1.165) is 37.0 Å². The van der Waals surface area contributed by atoms with E-state index in [1.54, 1.807) is 0 Å². The fraction of sp³-hybridized carbons (Fsp3) is 0.909. The molecule has 1 N–H and O–H groups in total. The summed E-state index contributed by atoms with van der Waals surface area (Å²) in [7, 11) is 6.23. The summed E-state index contributed by atoms with van der Waals surface area (Å²) in [6.45, 7) is 3.16. The average molecular weight is 230 g/mol. The number of likely N-dealkylation sites (N-methyl/N-ethyl adjacent to an activating group) is 1. The van der Waals surface area contributed by atoms with E-state index >= 15 is 0 Å². The summed E-state index contributed by atoms with van der Waals surface area (Å²) < 4.78 is 5.92. The molecule has 1 heterocycles. The van der Waals surface area contributed by atoms with Gasteiger partial charge in [-0.3, -0.25) is 5.43 Å². The summed E-state index contributed by atoms with van der Waals surface area (Å²) in [5.74, 6) is 0. The number of ether oxygens (including phenoxy) is 1. The van der Waals surface area contributed by atoms with Crippen LogP contribution in [0.2, 0.25) is 0 Å². The van der Waals surface area contributed by atoms with Gasteiger partial charge in [0.15, 0.2) is 0 Å². The first-order valence-corrected chi connectivity index (χ1v) is 5.96. The molecule has 0 radical (unpaired) electrons. The molecule has 1 aliphatic heterocycles. The lowest BCUT2D eigenvalue weighted by Gasteiger charge is -2.27. The number of amides is 1. The Labute approximate surface area is 97.9 Å². The number of hydrogen-bond donors (Lipinski definition) is 1. The lowest BCUT2D eigenvalue weighted by molar-refractivity contribution is -0.870. The Morgan fingerprint density at radius 2 is 1.88 bits per heavy atom. The number of nitrogens with zero attached hydrogens (tertiary/aromatic N) is 2. The highest BCUT2D eigenvalue weighted by atomic mass is 16.6. The molecule has 0 saturated carbocycles. The van der Waals surface area contributed by atoms with Crippen LogP contribution in [0.4, 0.5) is 4.79 Å². The van der Waals surface area contributed by atoms with Crippen molar-refractivity contribution in [2.45, 2.75) is 19.3 Å². The Hall–Kier alpha value is -0.810. The lowest BCUT2D eigenvalue weighted by Crippen LogP contribution is -2.46. The van der Waals surface area contributed by atoms with Gasteiger partial charge in [0.2, 0.25) is 0 Å². The van der Waals surface area contributed by atoms with Gasteiger partial charge in [0.1, 0.15) is 13.2 Å². The largest absolute Gasteiger partial charge is 0.443 e. The van der Waals surface area contributed by atoms with Crippen molar-refractivity contribution in [3.05, 3.63) is 0 Å². The highest BCUT2D eigenvalue weighted by molar-refractivity contribution is 5.66. The summed E-state index contributed by atoms with van der Waals surface area (Å²) in [4.78, 5) is 11.4.